The molecule has 0 saturated heterocycles. The fourth-order valence-electron chi connectivity index (χ4n) is 2.24. The number of aryl methyl sites for hydroxylation is 2. The van der Waals surface area contributed by atoms with Crippen molar-refractivity contribution in [3.05, 3.63) is 52.0 Å². The number of hydrogen-bond donors (Lipinski definition) is 2. The molecule has 0 bridgehead atoms. The molecule has 21 heavy (non-hydrogen) atoms. The summed E-state index contributed by atoms with van der Waals surface area (Å²) in [5, 5.41) is 13.7. The molecule has 0 heterocycles. The minimum atomic E-state index is 0.364. The Morgan fingerprint density at radius 2 is 1.81 bits per heavy atom. The molecule has 0 aliphatic rings. The van der Waals surface area contributed by atoms with Gasteiger partial charge in [-0.3, -0.25) is 0 Å². The largest absolute Gasteiger partial charge is 0.507 e. The zero-order chi connectivity index (χ0) is 15.4. The van der Waals surface area contributed by atoms with Gasteiger partial charge in [-0.05, 0) is 55.7 Å². The molecule has 0 amide bonds. The first kappa shape index (κ1) is 15.5. The zero-order valence-corrected chi connectivity index (χ0v) is 13.3. The minimum absolute atomic E-state index is 0.364. The number of ether oxygens (including phenoxy) is 1. The standard InChI is InChI=1S/C17H20ClNO2/c1-4-21-16-6-5-14(9-15(16)18)19-10-13-7-11(2)17(20)12(3)8-13/h5-9,19-20H,4,10H2,1-3H3. The second kappa shape index (κ2) is 6.72. The van der Waals surface area contributed by atoms with E-state index in [0.29, 0.717) is 29.7 Å². The lowest BCUT2D eigenvalue weighted by Crippen LogP contribution is -2.01. The fourth-order valence-corrected chi connectivity index (χ4v) is 2.47. The van der Waals surface area contributed by atoms with E-state index >= 15 is 0 Å². The number of benzene rings is 2. The van der Waals surface area contributed by atoms with Gasteiger partial charge in [-0.1, -0.05) is 23.7 Å². The van der Waals surface area contributed by atoms with Crippen molar-refractivity contribution in [1.29, 1.82) is 0 Å². The van der Waals surface area contributed by atoms with Gasteiger partial charge in [0.1, 0.15) is 11.5 Å². The lowest BCUT2D eigenvalue weighted by atomic mass is 10.1. The van der Waals surface area contributed by atoms with E-state index in [2.05, 4.69) is 5.32 Å². The number of phenols is 1. The molecule has 112 valence electrons. The van der Waals surface area contributed by atoms with Gasteiger partial charge in [0.2, 0.25) is 0 Å². The molecule has 0 spiro atoms. The summed E-state index contributed by atoms with van der Waals surface area (Å²) in [5.41, 5.74) is 3.83. The first-order chi connectivity index (χ1) is 10.0. The highest BCUT2D eigenvalue weighted by Crippen LogP contribution is 2.28. The SMILES string of the molecule is CCOc1ccc(NCc2cc(C)c(O)c(C)c2)cc1Cl. The van der Waals surface area contributed by atoms with Crippen LogP contribution in [0.25, 0.3) is 0 Å². The van der Waals surface area contributed by atoms with Gasteiger partial charge in [0.05, 0.1) is 11.6 Å². The summed E-state index contributed by atoms with van der Waals surface area (Å²) in [6.45, 7) is 7.00. The molecule has 2 rings (SSSR count). The maximum absolute atomic E-state index is 9.78. The van der Waals surface area contributed by atoms with Crippen molar-refractivity contribution in [3.8, 4) is 11.5 Å². The van der Waals surface area contributed by atoms with Crippen LogP contribution in [0.1, 0.15) is 23.6 Å². The van der Waals surface area contributed by atoms with E-state index < -0.39 is 0 Å². The maximum atomic E-state index is 9.78. The molecule has 0 aliphatic carbocycles. The molecular weight excluding hydrogens is 286 g/mol. The molecule has 0 fully saturated rings. The van der Waals surface area contributed by atoms with Gasteiger partial charge in [0, 0.05) is 12.2 Å². The Balaban J connectivity index is 2.08. The number of anilines is 1. The smallest absolute Gasteiger partial charge is 0.138 e. The third-order valence-corrected chi connectivity index (χ3v) is 3.57. The van der Waals surface area contributed by atoms with Crippen molar-refractivity contribution < 1.29 is 9.84 Å². The van der Waals surface area contributed by atoms with E-state index in [4.69, 9.17) is 16.3 Å². The number of nitrogens with one attached hydrogen (secondary N) is 1. The van der Waals surface area contributed by atoms with Gasteiger partial charge < -0.3 is 15.2 Å². The van der Waals surface area contributed by atoms with E-state index in [-0.39, 0.29) is 0 Å². The van der Waals surface area contributed by atoms with Crippen molar-refractivity contribution in [3.63, 3.8) is 0 Å². The molecule has 3 nitrogen and oxygen atoms in total. The van der Waals surface area contributed by atoms with Crippen LogP contribution in [-0.4, -0.2) is 11.7 Å². The molecule has 0 saturated carbocycles. The van der Waals surface area contributed by atoms with Crippen LogP contribution < -0.4 is 10.1 Å². The second-order valence-electron chi connectivity index (χ2n) is 5.01. The average molecular weight is 306 g/mol. The molecule has 4 heteroatoms. The van der Waals surface area contributed by atoms with E-state index in [9.17, 15) is 5.11 Å². The van der Waals surface area contributed by atoms with Crippen molar-refractivity contribution >= 4 is 17.3 Å². The van der Waals surface area contributed by atoms with Crippen LogP contribution in [0, 0.1) is 13.8 Å². The maximum Gasteiger partial charge on any atom is 0.138 e. The number of halogens is 1. The summed E-state index contributed by atoms with van der Waals surface area (Å²) in [4.78, 5) is 0. The molecule has 0 aromatic heterocycles. The zero-order valence-electron chi connectivity index (χ0n) is 12.5. The van der Waals surface area contributed by atoms with E-state index in [1.54, 1.807) is 0 Å². The Morgan fingerprint density at radius 3 is 2.38 bits per heavy atom. The van der Waals surface area contributed by atoms with Crippen LogP contribution in [-0.2, 0) is 6.54 Å². The summed E-state index contributed by atoms with van der Waals surface area (Å²) in [6.07, 6.45) is 0. The summed E-state index contributed by atoms with van der Waals surface area (Å²) in [5.74, 6) is 1.06. The van der Waals surface area contributed by atoms with Crippen molar-refractivity contribution in [2.24, 2.45) is 0 Å². The molecule has 0 unspecified atom stereocenters. The van der Waals surface area contributed by atoms with E-state index in [1.807, 2.05) is 51.1 Å². The molecule has 0 atom stereocenters. The van der Waals surface area contributed by atoms with Gasteiger partial charge in [0.25, 0.3) is 0 Å². The highest BCUT2D eigenvalue weighted by Gasteiger charge is 2.05. The lowest BCUT2D eigenvalue weighted by molar-refractivity contribution is 0.340. The van der Waals surface area contributed by atoms with Crippen molar-refractivity contribution in [1.82, 2.24) is 0 Å². The van der Waals surface area contributed by atoms with Gasteiger partial charge in [0.15, 0.2) is 0 Å². The Bertz CT molecular complexity index is 618. The minimum Gasteiger partial charge on any atom is -0.507 e. The number of phenolic OH excluding ortho intramolecular Hbond substituents is 1. The Morgan fingerprint density at radius 1 is 1.14 bits per heavy atom. The van der Waals surface area contributed by atoms with Crippen LogP contribution in [0.4, 0.5) is 5.69 Å². The van der Waals surface area contributed by atoms with Crippen LogP contribution in [0.2, 0.25) is 5.02 Å². The lowest BCUT2D eigenvalue weighted by Gasteiger charge is -2.12. The highest BCUT2D eigenvalue weighted by molar-refractivity contribution is 6.32. The predicted octanol–water partition coefficient (Wildman–Crippen LogP) is 4.67. The number of rotatable bonds is 5. The molecular formula is C17H20ClNO2. The number of aromatic hydroxyl groups is 1. The Labute approximate surface area is 130 Å². The first-order valence-electron chi connectivity index (χ1n) is 6.96. The third kappa shape index (κ3) is 3.82. The van der Waals surface area contributed by atoms with Crippen LogP contribution in [0.5, 0.6) is 11.5 Å². The van der Waals surface area contributed by atoms with Crippen LogP contribution in [0.3, 0.4) is 0 Å². The van der Waals surface area contributed by atoms with Crippen molar-refractivity contribution in [2.75, 3.05) is 11.9 Å². The van der Waals surface area contributed by atoms with E-state index in [1.165, 1.54) is 0 Å². The summed E-state index contributed by atoms with van der Waals surface area (Å²) < 4.78 is 5.41. The molecule has 2 aromatic rings. The summed E-state index contributed by atoms with van der Waals surface area (Å²) in [6, 6.07) is 9.61. The molecule has 2 aromatic carbocycles. The van der Waals surface area contributed by atoms with E-state index in [0.717, 1.165) is 22.4 Å². The highest BCUT2D eigenvalue weighted by atomic mass is 35.5. The molecule has 0 radical (unpaired) electrons. The Hall–Kier alpha value is -1.87. The predicted molar refractivity (Wildman–Crippen MR) is 87.5 cm³/mol. The van der Waals surface area contributed by atoms with Crippen LogP contribution in [0.15, 0.2) is 30.3 Å². The molecule has 0 aliphatic heterocycles. The van der Waals surface area contributed by atoms with Gasteiger partial charge in [-0.15, -0.1) is 0 Å². The normalized spacial score (nSPS) is 10.5. The monoisotopic (exact) mass is 305 g/mol. The summed E-state index contributed by atoms with van der Waals surface area (Å²) >= 11 is 6.16. The van der Waals surface area contributed by atoms with Crippen LogP contribution >= 0.6 is 11.6 Å². The fraction of sp³-hybridized carbons (Fsp3) is 0.294. The van der Waals surface area contributed by atoms with Gasteiger partial charge in [-0.2, -0.15) is 0 Å². The number of hydrogen-bond acceptors (Lipinski definition) is 3. The summed E-state index contributed by atoms with van der Waals surface area (Å²) in [7, 11) is 0. The van der Waals surface area contributed by atoms with Gasteiger partial charge >= 0.3 is 0 Å². The Kier molecular flexibility index (Phi) is 4.97. The third-order valence-electron chi connectivity index (χ3n) is 3.28. The average Bonchev–Trinajstić information content (AvgIpc) is 2.45. The van der Waals surface area contributed by atoms with Gasteiger partial charge in [-0.25, -0.2) is 0 Å². The topological polar surface area (TPSA) is 41.5 Å². The first-order valence-corrected chi connectivity index (χ1v) is 7.34. The second-order valence-corrected chi connectivity index (χ2v) is 5.42. The molecule has 2 N–H and O–H groups in total. The van der Waals surface area contributed by atoms with Crippen molar-refractivity contribution in [2.45, 2.75) is 27.3 Å². The quantitative estimate of drug-likeness (QED) is 0.843.